The molecule has 0 aliphatic heterocycles. The monoisotopic (exact) mass is 296 g/mol. The van der Waals surface area contributed by atoms with E-state index in [9.17, 15) is 8.42 Å². The quantitative estimate of drug-likeness (QED) is 0.800. The van der Waals surface area contributed by atoms with E-state index >= 15 is 0 Å². The van der Waals surface area contributed by atoms with Gasteiger partial charge >= 0.3 is 0 Å². The molecular weight excluding hydrogens is 284 g/mol. The van der Waals surface area contributed by atoms with Crippen LogP contribution in [-0.2, 0) is 14.8 Å². The minimum absolute atomic E-state index is 0.107. The predicted octanol–water partition coefficient (Wildman–Crippen LogP) is 1.60. The zero-order valence-corrected chi connectivity index (χ0v) is 11.7. The van der Waals surface area contributed by atoms with Gasteiger partial charge in [-0.1, -0.05) is 22.9 Å². The van der Waals surface area contributed by atoms with E-state index in [-0.39, 0.29) is 14.7 Å². The Bertz CT molecular complexity index is 484. The molecule has 1 aromatic heterocycles. The maximum atomic E-state index is 12.3. The SMILES string of the molecule is COCCN(C1CC1)S(=O)(=O)c1cnc(Cl)s1. The van der Waals surface area contributed by atoms with Crippen LogP contribution < -0.4 is 0 Å². The summed E-state index contributed by atoms with van der Waals surface area (Å²) < 4.78 is 31.5. The van der Waals surface area contributed by atoms with Crippen molar-refractivity contribution in [3.63, 3.8) is 0 Å². The summed E-state index contributed by atoms with van der Waals surface area (Å²) in [6.45, 7) is 0.765. The predicted molar refractivity (Wildman–Crippen MR) is 65.9 cm³/mol. The van der Waals surface area contributed by atoms with Crippen molar-refractivity contribution in [1.82, 2.24) is 9.29 Å². The summed E-state index contributed by atoms with van der Waals surface area (Å²) in [4.78, 5) is 3.77. The molecule has 96 valence electrons. The Morgan fingerprint density at radius 1 is 1.65 bits per heavy atom. The number of hydrogen-bond acceptors (Lipinski definition) is 5. The van der Waals surface area contributed by atoms with Crippen molar-refractivity contribution in [3.8, 4) is 0 Å². The van der Waals surface area contributed by atoms with Crippen LogP contribution in [0.25, 0.3) is 0 Å². The highest BCUT2D eigenvalue weighted by Gasteiger charge is 2.38. The number of nitrogens with zero attached hydrogens (tertiary/aromatic N) is 2. The van der Waals surface area contributed by atoms with Gasteiger partial charge in [-0.25, -0.2) is 13.4 Å². The fourth-order valence-corrected chi connectivity index (χ4v) is 4.61. The molecule has 0 amide bonds. The number of ether oxygens (including phenoxy) is 1. The highest BCUT2D eigenvalue weighted by Crippen LogP contribution is 2.34. The summed E-state index contributed by atoms with van der Waals surface area (Å²) in [6, 6.07) is 0.107. The van der Waals surface area contributed by atoms with Crippen molar-refractivity contribution in [2.45, 2.75) is 23.1 Å². The highest BCUT2D eigenvalue weighted by atomic mass is 35.5. The van der Waals surface area contributed by atoms with Crippen molar-refractivity contribution in [2.75, 3.05) is 20.3 Å². The van der Waals surface area contributed by atoms with Crippen LogP contribution in [0.4, 0.5) is 0 Å². The van der Waals surface area contributed by atoms with Gasteiger partial charge in [-0.15, -0.1) is 0 Å². The highest BCUT2D eigenvalue weighted by molar-refractivity contribution is 7.91. The van der Waals surface area contributed by atoms with E-state index in [4.69, 9.17) is 16.3 Å². The summed E-state index contributed by atoms with van der Waals surface area (Å²) in [5.74, 6) is 0. The van der Waals surface area contributed by atoms with Gasteiger partial charge in [0.2, 0.25) is 0 Å². The Kier molecular flexibility index (Phi) is 4.04. The smallest absolute Gasteiger partial charge is 0.254 e. The number of thiazole rings is 1. The van der Waals surface area contributed by atoms with E-state index in [2.05, 4.69) is 4.98 Å². The molecule has 1 fully saturated rings. The lowest BCUT2D eigenvalue weighted by atomic mass is 10.6. The topological polar surface area (TPSA) is 59.5 Å². The van der Waals surface area contributed by atoms with Crippen LogP contribution in [0.2, 0.25) is 4.47 Å². The molecule has 1 aromatic rings. The molecule has 0 radical (unpaired) electrons. The normalized spacial score (nSPS) is 16.6. The van der Waals surface area contributed by atoms with Gasteiger partial charge in [-0.05, 0) is 12.8 Å². The molecule has 1 aliphatic rings. The lowest BCUT2D eigenvalue weighted by molar-refractivity contribution is 0.177. The summed E-state index contributed by atoms with van der Waals surface area (Å²) in [7, 11) is -1.91. The lowest BCUT2D eigenvalue weighted by Gasteiger charge is -2.20. The molecule has 2 rings (SSSR count). The lowest BCUT2D eigenvalue weighted by Crippen LogP contribution is -2.35. The molecule has 0 unspecified atom stereocenters. The van der Waals surface area contributed by atoms with Crippen LogP contribution in [0.1, 0.15) is 12.8 Å². The average Bonchev–Trinajstić information content (AvgIpc) is 3.00. The Hall–Kier alpha value is -0.210. The van der Waals surface area contributed by atoms with Gasteiger partial charge in [-0.3, -0.25) is 0 Å². The van der Waals surface area contributed by atoms with Crippen LogP contribution in [0.3, 0.4) is 0 Å². The zero-order chi connectivity index (χ0) is 12.5. The fourth-order valence-electron chi connectivity index (χ4n) is 1.52. The summed E-state index contributed by atoms with van der Waals surface area (Å²) in [5.41, 5.74) is 0. The Labute approximate surface area is 109 Å². The summed E-state index contributed by atoms with van der Waals surface area (Å²) in [6.07, 6.45) is 3.13. The molecule has 0 spiro atoms. The molecule has 1 saturated carbocycles. The summed E-state index contributed by atoms with van der Waals surface area (Å²) in [5, 5.41) is 0. The Morgan fingerprint density at radius 3 is 2.82 bits per heavy atom. The van der Waals surface area contributed by atoms with E-state index < -0.39 is 10.0 Å². The summed E-state index contributed by atoms with van der Waals surface area (Å²) >= 11 is 6.66. The van der Waals surface area contributed by atoms with E-state index in [1.807, 2.05) is 0 Å². The van der Waals surface area contributed by atoms with Crippen molar-refractivity contribution in [2.24, 2.45) is 0 Å². The number of methoxy groups -OCH3 is 1. The van der Waals surface area contributed by atoms with Gasteiger partial charge < -0.3 is 4.74 Å². The first kappa shape index (κ1) is 13.2. The molecule has 0 saturated heterocycles. The second-order valence-electron chi connectivity index (χ2n) is 3.77. The first-order valence-corrected chi connectivity index (χ1v) is 7.81. The minimum atomic E-state index is -3.46. The number of hydrogen-bond donors (Lipinski definition) is 0. The van der Waals surface area contributed by atoms with Gasteiger partial charge in [0.05, 0.1) is 12.8 Å². The van der Waals surface area contributed by atoms with Gasteiger partial charge in [-0.2, -0.15) is 4.31 Å². The molecule has 0 aromatic carbocycles. The molecule has 1 aliphatic carbocycles. The average molecular weight is 297 g/mol. The van der Waals surface area contributed by atoms with E-state index in [0.717, 1.165) is 24.2 Å². The van der Waals surface area contributed by atoms with Crippen LogP contribution in [0.5, 0.6) is 0 Å². The molecule has 0 N–H and O–H groups in total. The third-order valence-corrected chi connectivity index (χ3v) is 5.99. The maximum Gasteiger partial charge on any atom is 0.254 e. The van der Waals surface area contributed by atoms with Crippen LogP contribution in [0.15, 0.2) is 10.4 Å². The fraction of sp³-hybridized carbons (Fsp3) is 0.667. The molecule has 0 atom stereocenters. The third-order valence-electron chi connectivity index (χ3n) is 2.49. The largest absolute Gasteiger partial charge is 0.383 e. The minimum Gasteiger partial charge on any atom is -0.383 e. The first-order valence-electron chi connectivity index (χ1n) is 5.18. The second-order valence-corrected chi connectivity index (χ2v) is 7.50. The van der Waals surface area contributed by atoms with Crippen LogP contribution >= 0.6 is 22.9 Å². The number of aromatic nitrogens is 1. The van der Waals surface area contributed by atoms with Gasteiger partial charge in [0.15, 0.2) is 8.68 Å². The van der Waals surface area contributed by atoms with Crippen molar-refractivity contribution in [3.05, 3.63) is 10.7 Å². The number of rotatable bonds is 6. The molecule has 17 heavy (non-hydrogen) atoms. The van der Waals surface area contributed by atoms with Gasteiger partial charge in [0.1, 0.15) is 0 Å². The van der Waals surface area contributed by atoms with Gasteiger partial charge in [0.25, 0.3) is 10.0 Å². The second kappa shape index (κ2) is 5.19. The Morgan fingerprint density at radius 2 is 2.35 bits per heavy atom. The number of halogens is 1. The molecule has 0 bridgehead atoms. The molecule has 5 nitrogen and oxygen atoms in total. The van der Waals surface area contributed by atoms with Crippen molar-refractivity contribution in [1.29, 1.82) is 0 Å². The van der Waals surface area contributed by atoms with Crippen LogP contribution in [-0.4, -0.2) is 44.0 Å². The van der Waals surface area contributed by atoms with E-state index in [0.29, 0.717) is 13.2 Å². The first-order chi connectivity index (χ1) is 8.05. The van der Waals surface area contributed by atoms with Crippen molar-refractivity contribution < 1.29 is 13.2 Å². The van der Waals surface area contributed by atoms with Gasteiger partial charge in [0, 0.05) is 19.7 Å². The van der Waals surface area contributed by atoms with Crippen LogP contribution in [0, 0.1) is 0 Å². The molecular formula is C9H13ClN2O3S2. The van der Waals surface area contributed by atoms with E-state index in [1.54, 1.807) is 7.11 Å². The standard InChI is InChI=1S/C9H13ClN2O3S2/c1-15-5-4-12(7-2-3-7)17(13,14)8-6-11-9(10)16-8/h6-7H,2-5H2,1H3. The number of sulfonamides is 1. The zero-order valence-electron chi connectivity index (χ0n) is 9.30. The molecule has 1 heterocycles. The van der Waals surface area contributed by atoms with Crippen molar-refractivity contribution >= 4 is 33.0 Å². The third kappa shape index (κ3) is 2.97. The van der Waals surface area contributed by atoms with E-state index in [1.165, 1.54) is 10.5 Å². The maximum absolute atomic E-state index is 12.3. The molecule has 8 heteroatoms. The Balaban J connectivity index is 2.21.